The molecule has 1 amide bonds. The third kappa shape index (κ3) is 44.0. The van der Waals surface area contributed by atoms with E-state index >= 15 is 0 Å². The molecule has 338 valence electrons. The van der Waals surface area contributed by atoms with Gasteiger partial charge in [0.1, 0.15) is 0 Å². The van der Waals surface area contributed by atoms with E-state index in [0.29, 0.717) is 19.4 Å². The Labute approximate surface area is 355 Å². The molecule has 0 saturated carbocycles. The van der Waals surface area contributed by atoms with Crippen molar-refractivity contribution in [1.29, 1.82) is 0 Å². The molecule has 0 aromatic carbocycles. The lowest BCUT2D eigenvalue weighted by molar-refractivity contribution is -0.143. The summed E-state index contributed by atoms with van der Waals surface area (Å²) in [7, 11) is 0. The first kappa shape index (κ1) is 55.6. The lowest BCUT2D eigenvalue weighted by Gasteiger charge is -2.20. The Morgan fingerprint density at radius 3 is 1.19 bits per heavy atom. The molecule has 0 bridgehead atoms. The van der Waals surface area contributed by atoms with Crippen LogP contribution in [0, 0.1) is 0 Å². The molecule has 2 atom stereocenters. The highest BCUT2D eigenvalue weighted by molar-refractivity contribution is 5.76. The zero-order valence-electron chi connectivity index (χ0n) is 38.3. The van der Waals surface area contributed by atoms with Crippen molar-refractivity contribution >= 4 is 11.9 Å². The number of ether oxygens (including phenoxy) is 1. The summed E-state index contributed by atoms with van der Waals surface area (Å²) in [4.78, 5) is 24.4. The summed E-state index contributed by atoms with van der Waals surface area (Å²) in [5.74, 6) is -0.0981. The minimum absolute atomic E-state index is 0.0121. The highest BCUT2D eigenvalue weighted by Crippen LogP contribution is 2.16. The molecule has 0 aromatic rings. The van der Waals surface area contributed by atoms with Crippen LogP contribution in [0.25, 0.3) is 0 Å². The van der Waals surface area contributed by atoms with Crippen molar-refractivity contribution in [2.24, 2.45) is 0 Å². The van der Waals surface area contributed by atoms with Gasteiger partial charge in [-0.15, -0.1) is 0 Å². The fraction of sp³-hybridized carbons (Fsp3) is 0.922. The Hall–Kier alpha value is -1.40. The highest BCUT2D eigenvalue weighted by Gasteiger charge is 2.18. The predicted octanol–water partition coefficient (Wildman–Crippen LogP) is 15.0. The average molecular weight is 806 g/mol. The Balaban J connectivity index is 3.47. The van der Waals surface area contributed by atoms with Gasteiger partial charge in [0.05, 0.1) is 25.4 Å². The van der Waals surface area contributed by atoms with E-state index in [1.807, 2.05) is 6.08 Å². The summed E-state index contributed by atoms with van der Waals surface area (Å²) in [6.45, 7) is 4.86. The average Bonchev–Trinajstić information content (AvgIpc) is 3.21. The molecule has 0 heterocycles. The second-order valence-electron chi connectivity index (χ2n) is 17.5. The van der Waals surface area contributed by atoms with Crippen LogP contribution in [0.3, 0.4) is 0 Å². The number of hydrogen-bond acceptors (Lipinski definition) is 5. The van der Waals surface area contributed by atoms with Crippen molar-refractivity contribution in [1.82, 2.24) is 5.32 Å². The monoisotopic (exact) mass is 806 g/mol. The van der Waals surface area contributed by atoms with E-state index in [1.54, 1.807) is 6.08 Å². The van der Waals surface area contributed by atoms with Crippen LogP contribution in [0.5, 0.6) is 0 Å². The SMILES string of the molecule is CCCCCCCCCCCCC/C=C/C(O)C(CO)NC(=O)CCCCCCCCCCCCCOC(=O)CCCCCCCCCCCCCCCCCC. The molecule has 2 unspecified atom stereocenters. The van der Waals surface area contributed by atoms with Crippen molar-refractivity contribution < 1.29 is 24.5 Å². The number of carbonyl (C=O) groups is 2. The minimum atomic E-state index is -0.854. The molecule has 0 aliphatic rings. The molecular formula is C51H99NO5. The fourth-order valence-corrected chi connectivity index (χ4v) is 7.87. The zero-order chi connectivity index (χ0) is 41.5. The molecule has 6 nitrogen and oxygen atoms in total. The first-order chi connectivity index (χ1) is 28.0. The van der Waals surface area contributed by atoms with Crippen LogP contribution in [0.4, 0.5) is 0 Å². The Morgan fingerprint density at radius 2 is 0.807 bits per heavy atom. The van der Waals surface area contributed by atoms with Gasteiger partial charge in [0.2, 0.25) is 5.91 Å². The van der Waals surface area contributed by atoms with Gasteiger partial charge in [-0.05, 0) is 32.1 Å². The van der Waals surface area contributed by atoms with Gasteiger partial charge in [0, 0.05) is 12.8 Å². The standard InChI is InChI=1S/C51H99NO5/c1-3-5-7-9-11-13-15-17-18-19-21-25-29-33-37-41-45-51(56)57-46-42-38-34-30-26-22-24-28-32-36-40-44-50(55)52-48(47-53)49(54)43-39-35-31-27-23-20-16-14-12-10-8-6-4-2/h39,43,48-49,53-54H,3-38,40-42,44-47H2,1-2H3,(H,52,55)/b43-39+. The van der Waals surface area contributed by atoms with Crippen molar-refractivity contribution in [2.75, 3.05) is 13.2 Å². The molecule has 0 saturated heterocycles. The van der Waals surface area contributed by atoms with E-state index in [-0.39, 0.29) is 18.5 Å². The molecule has 6 heteroatoms. The highest BCUT2D eigenvalue weighted by atomic mass is 16.5. The minimum Gasteiger partial charge on any atom is -0.466 e. The van der Waals surface area contributed by atoms with Gasteiger partial charge in [0.15, 0.2) is 0 Å². The summed E-state index contributed by atoms with van der Waals surface area (Å²) in [6.07, 6.45) is 53.5. The van der Waals surface area contributed by atoms with Crippen LogP contribution < -0.4 is 5.32 Å². The van der Waals surface area contributed by atoms with Crippen LogP contribution in [-0.2, 0) is 14.3 Å². The maximum absolute atomic E-state index is 12.4. The van der Waals surface area contributed by atoms with E-state index in [1.165, 1.54) is 193 Å². The topological polar surface area (TPSA) is 95.9 Å². The summed E-state index contributed by atoms with van der Waals surface area (Å²) < 4.78 is 5.46. The second kappa shape index (κ2) is 47.3. The molecule has 0 rings (SSSR count). The smallest absolute Gasteiger partial charge is 0.305 e. The van der Waals surface area contributed by atoms with E-state index in [4.69, 9.17) is 4.74 Å². The number of nitrogens with one attached hydrogen (secondary N) is 1. The number of aliphatic hydroxyl groups excluding tert-OH is 2. The number of amides is 1. The first-order valence-corrected chi connectivity index (χ1v) is 25.5. The van der Waals surface area contributed by atoms with Gasteiger partial charge in [-0.1, -0.05) is 244 Å². The lowest BCUT2D eigenvalue weighted by atomic mass is 10.0. The summed E-state index contributed by atoms with van der Waals surface area (Å²) in [5.41, 5.74) is 0. The number of allylic oxidation sites excluding steroid dienone is 1. The Bertz CT molecular complexity index is 847. The summed E-state index contributed by atoms with van der Waals surface area (Å²) in [6, 6.07) is -0.639. The molecule has 57 heavy (non-hydrogen) atoms. The second-order valence-corrected chi connectivity index (χ2v) is 17.5. The molecule has 0 aliphatic carbocycles. The van der Waals surface area contributed by atoms with Crippen molar-refractivity contribution in [2.45, 2.75) is 289 Å². The summed E-state index contributed by atoms with van der Waals surface area (Å²) >= 11 is 0. The van der Waals surface area contributed by atoms with Gasteiger partial charge >= 0.3 is 5.97 Å². The van der Waals surface area contributed by atoms with Crippen molar-refractivity contribution in [3.63, 3.8) is 0 Å². The number of rotatable bonds is 47. The predicted molar refractivity (Wildman–Crippen MR) is 246 cm³/mol. The molecule has 0 aromatic heterocycles. The molecule has 0 radical (unpaired) electrons. The third-order valence-corrected chi connectivity index (χ3v) is 11.8. The number of esters is 1. The van der Waals surface area contributed by atoms with E-state index in [2.05, 4.69) is 19.2 Å². The van der Waals surface area contributed by atoms with Crippen molar-refractivity contribution in [3.8, 4) is 0 Å². The molecule has 0 spiro atoms. The lowest BCUT2D eigenvalue weighted by Crippen LogP contribution is -2.45. The van der Waals surface area contributed by atoms with Crippen LogP contribution in [0.1, 0.15) is 277 Å². The number of carbonyl (C=O) groups excluding carboxylic acids is 2. The van der Waals surface area contributed by atoms with Gasteiger partial charge in [-0.3, -0.25) is 9.59 Å². The number of hydrogen-bond donors (Lipinski definition) is 3. The Morgan fingerprint density at radius 1 is 0.474 bits per heavy atom. The van der Waals surface area contributed by atoms with Gasteiger partial charge < -0.3 is 20.3 Å². The maximum atomic E-state index is 12.4. The Kier molecular flexibility index (Phi) is 46.1. The van der Waals surface area contributed by atoms with Gasteiger partial charge in [-0.2, -0.15) is 0 Å². The largest absolute Gasteiger partial charge is 0.466 e. The van der Waals surface area contributed by atoms with Crippen LogP contribution in [0.2, 0.25) is 0 Å². The van der Waals surface area contributed by atoms with E-state index < -0.39 is 12.1 Å². The van der Waals surface area contributed by atoms with Crippen molar-refractivity contribution in [3.05, 3.63) is 12.2 Å². The normalized spacial score (nSPS) is 12.7. The van der Waals surface area contributed by atoms with E-state index in [0.717, 1.165) is 57.8 Å². The van der Waals surface area contributed by atoms with Crippen LogP contribution in [0.15, 0.2) is 12.2 Å². The van der Waals surface area contributed by atoms with Gasteiger partial charge in [-0.25, -0.2) is 0 Å². The number of unbranched alkanes of at least 4 members (excludes halogenated alkanes) is 36. The molecule has 0 fully saturated rings. The molecular weight excluding hydrogens is 707 g/mol. The third-order valence-electron chi connectivity index (χ3n) is 11.8. The van der Waals surface area contributed by atoms with Gasteiger partial charge in [0.25, 0.3) is 0 Å². The van der Waals surface area contributed by atoms with Crippen LogP contribution >= 0.6 is 0 Å². The quantitative estimate of drug-likeness (QED) is 0.0323. The molecule has 0 aliphatic heterocycles. The maximum Gasteiger partial charge on any atom is 0.305 e. The van der Waals surface area contributed by atoms with Crippen LogP contribution in [-0.4, -0.2) is 47.4 Å². The fourth-order valence-electron chi connectivity index (χ4n) is 7.87. The molecule has 3 N–H and O–H groups in total. The summed E-state index contributed by atoms with van der Waals surface area (Å²) in [5, 5.41) is 23.0. The first-order valence-electron chi connectivity index (χ1n) is 25.5. The number of aliphatic hydroxyl groups is 2. The zero-order valence-corrected chi connectivity index (χ0v) is 38.3. The van der Waals surface area contributed by atoms with E-state index in [9.17, 15) is 19.8 Å².